The molecule has 0 aliphatic heterocycles. The van der Waals surface area contributed by atoms with Crippen LogP contribution in [-0.4, -0.2) is 72.1 Å². The van der Waals surface area contributed by atoms with Crippen LogP contribution in [0.15, 0.2) is 55.1 Å². The van der Waals surface area contributed by atoms with Gasteiger partial charge in [-0.25, -0.2) is 14.4 Å². The fraction of sp³-hybridized carbons (Fsp3) is 0.192. The predicted molar refractivity (Wildman–Crippen MR) is 138 cm³/mol. The SMILES string of the molecule is CN(C)CCOc1cc(F)cc(-c2cncc3[nH]c(-c4n[nH]c5ccc(-c6cnn(C)c6)nc45)nc23)c1. The molecule has 0 amide bonds. The van der Waals surface area contributed by atoms with E-state index in [1.807, 2.05) is 44.4 Å². The topological polar surface area (TPSA) is 113 Å². The summed E-state index contributed by atoms with van der Waals surface area (Å²) in [5.74, 6) is 0.593. The maximum absolute atomic E-state index is 14.5. The second-order valence-corrected chi connectivity index (χ2v) is 9.06. The van der Waals surface area contributed by atoms with Gasteiger partial charge in [0.2, 0.25) is 0 Å². The van der Waals surface area contributed by atoms with Crippen molar-refractivity contribution in [3.05, 3.63) is 60.9 Å². The van der Waals surface area contributed by atoms with E-state index < -0.39 is 5.82 Å². The number of benzene rings is 1. The second-order valence-electron chi connectivity index (χ2n) is 9.06. The number of hydrogen-bond donors (Lipinski definition) is 2. The van der Waals surface area contributed by atoms with Crippen LogP contribution >= 0.6 is 0 Å². The molecule has 0 atom stereocenters. The minimum absolute atomic E-state index is 0.393. The Kier molecular flexibility index (Phi) is 5.61. The number of rotatable bonds is 7. The van der Waals surface area contributed by atoms with Crippen molar-refractivity contribution in [3.8, 4) is 39.7 Å². The summed E-state index contributed by atoms with van der Waals surface area (Å²) in [7, 11) is 5.78. The summed E-state index contributed by atoms with van der Waals surface area (Å²) in [6, 6.07) is 8.49. The van der Waals surface area contributed by atoms with Crippen molar-refractivity contribution < 1.29 is 9.13 Å². The van der Waals surface area contributed by atoms with Crippen molar-refractivity contribution in [2.75, 3.05) is 27.2 Å². The van der Waals surface area contributed by atoms with Crippen LogP contribution in [0.5, 0.6) is 5.75 Å². The molecule has 6 rings (SSSR count). The molecule has 0 saturated heterocycles. The lowest BCUT2D eigenvalue weighted by molar-refractivity contribution is 0.260. The van der Waals surface area contributed by atoms with Gasteiger partial charge < -0.3 is 14.6 Å². The molecule has 0 bridgehead atoms. The van der Waals surface area contributed by atoms with Crippen molar-refractivity contribution in [2.24, 2.45) is 7.05 Å². The van der Waals surface area contributed by atoms with Crippen molar-refractivity contribution in [1.29, 1.82) is 0 Å². The van der Waals surface area contributed by atoms with Crippen molar-refractivity contribution in [2.45, 2.75) is 0 Å². The molecule has 0 radical (unpaired) electrons. The number of pyridine rings is 2. The van der Waals surface area contributed by atoms with Crippen LogP contribution in [0.4, 0.5) is 4.39 Å². The minimum atomic E-state index is -0.393. The maximum Gasteiger partial charge on any atom is 0.161 e. The number of fused-ring (bicyclic) bond motifs is 2. The van der Waals surface area contributed by atoms with Crippen LogP contribution in [0.3, 0.4) is 0 Å². The second kappa shape index (κ2) is 9.10. The zero-order valence-electron chi connectivity index (χ0n) is 20.5. The van der Waals surface area contributed by atoms with Gasteiger partial charge in [-0.1, -0.05) is 0 Å². The Bertz CT molecular complexity index is 1730. The van der Waals surface area contributed by atoms with Gasteiger partial charge in [0.25, 0.3) is 0 Å². The molecule has 0 saturated carbocycles. The molecule has 186 valence electrons. The summed E-state index contributed by atoms with van der Waals surface area (Å²) >= 11 is 0. The van der Waals surface area contributed by atoms with Crippen LogP contribution in [0.25, 0.3) is 56.0 Å². The first-order valence-corrected chi connectivity index (χ1v) is 11.7. The first-order valence-electron chi connectivity index (χ1n) is 11.7. The van der Waals surface area contributed by atoms with E-state index in [1.54, 1.807) is 29.3 Å². The van der Waals surface area contributed by atoms with Crippen molar-refractivity contribution in [1.82, 2.24) is 44.8 Å². The van der Waals surface area contributed by atoms with Crippen molar-refractivity contribution >= 4 is 22.1 Å². The van der Waals surface area contributed by atoms with Gasteiger partial charge in [-0.05, 0) is 43.9 Å². The molecular weight excluding hydrogens is 473 g/mol. The van der Waals surface area contributed by atoms with Crippen LogP contribution in [-0.2, 0) is 7.05 Å². The molecule has 0 aliphatic carbocycles. The van der Waals surface area contributed by atoms with Gasteiger partial charge in [-0.3, -0.25) is 14.8 Å². The molecule has 2 N–H and O–H groups in total. The fourth-order valence-electron chi connectivity index (χ4n) is 4.18. The summed E-state index contributed by atoms with van der Waals surface area (Å²) in [5.41, 5.74) is 6.38. The van der Waals surface area contributed by atoms with Gasteiger partial charge in [0.05, 0.1) is 34.6 Å². The fourth-order valence-corrected chi connectivity index (χ4v) is 4.18. The van der Waals surface area contributed by atoms with Gasteiger partial charge in [-0.15, -0.1) is 0 Å². The molecule has 0 aliphatic rings. The van der Waals surface area contributed by atoms with Crippen LogP contribution in [0, 0.1) is 5.82 Å². The Morgan fingerprint density at radius 3 is 2.70 bits per heavy atom. The summed E-state index contributed by atoms with van der Waals surface area (Å²) in [4.78, 5) is 19.3. The summed E-state index contributed by atoms with van der Waals surface area (Å²) < 4.78 is 22.0. The number of aromatic amines is 2. The monoisotopic (exact) mass is 497 g/mol. The van der Waals surface area contributed by atoms with Crippen LogP contribution in [0.1, 0.15) is 0 Å². The Morgan fingerprint density at radius 1 is 1.00 bits per heavy atom. The lowest BCUT2D eigenvalue weighted by Gasteiger charge is -2.12. The Balaban J connectivity index is 1.40. The van der Waals surface area contributed by atoms with Gasteiger partial charge in [0.1, 0.15) is 23.7 Å². The lowest BCUT2D eigenvalue weighted by atomic mass is 10.1. The number of nitrogens with one attached hydrogen (secondary N) is 2. The van der Waals surface area contributed by atoms with Crippen molar-refractivity contribution in [3.63, 3.8) is 0 Å². The Hall–Kier alpha value is -4.64. The maximum atomic E-state index is 14.5. The number of likely N-dealkylation sites (N-methyl/N-ethyl adjacent to an activating group) is 1. The standard InChI is InChI=1S/C26H24FN9O/c1-35(2)6-7-37-18-9-15(8-17(27)10-18)19-12-28-13-22-23(19)32-26(31-22)25-24-21(33-34-25)5-4-20(30-24)16-11-29-36(3)14-16/h4-5,8-14H,6-7H2,1-3H3,(H,31,32)(H,33,34). The normalized spacial score (nSPS) is 11.7. The average Bonchev–Trinajstić information content (AvgIpc) is 3.60. The Labute approximate surface area is 211 Å². The first kappa shape index (κ1) is 22.8. The van der Waals surface area contributed by atoms with Gasteiger partial charge in [0, 0.05) is 43.2 Å². The highest BCUT2D eigenvalue weighted by Crippen LogP contribution is 2.33. The molecule has 37 heavy (non-hydrogen) atoms. The zero-order chi connectivity index (χ0) is 25.5. The van der Waals surface area contributed by atoms with Gasteiger partial charge in [0.15, 0.2) is 11.5 Å². The molecule has 6 aromatic rings. The quantitative estimate of drug-likeness (QED) is 0.342. The smallest absolute Gasteiger partial charge is 0.161 e. The molecule has 0 fully saturated rings. The number of hydrogen-bond acceptors (Lipinski definition) is 7. The highest BCUT2D eigenvalue weighted by Gasteiger charge is 2.18. The lowest BCUT2D eigenvalue weighted by Crippen LogP contribution is -2.19. The van der Waals surface area contributed by atoms with Gasteiger partial charge >= 0.3 is 0 Å². The Morgan fingerprint density at radius 2 is 1.89 bits per heavy atom. The van der Waals surface area contributed by atoms with E-state index in [4.69, 9.17) is 14.7 Å². The summed E-state index contributed by atoms with van der Waals surface area (Å²) in [6.45, 7) is 1.17. The number of ether oxygens (including phenoxy) is 1. The summed E-state index contributed by atoms with van der Waals surface area (Å²) in [5, 5.41) is 11.7. The van der Waals surface area contributed by atoms with E-state index >= 15 is 0 Å². The molecule has 1 aromatic carbocycles. The van der Waals surface area contributed by atoms with E-state index in [9.17, 15) is 4.39 Å². The summed E-state index contributed by atoms with van der Waals surface area (Å²) in [6.07, 6.45) is 7.04. The number of H-pyrrole nitrogens is 2. The van der Waals surface area contributed by atoms with Crippen LogP contribution < -0.4 is 4.74 Å². The number of halogens is 1. The highest BCUT2D eigenvalue weighted by molar-refractivity contribution is 5.95. The first-order chi connectivity index (χ1) is 17.9. The molecular formula is C26H24FN9O. The predicted octanol–water partition coefficient (Wildman–Crippen LogP) is 4.04. The van der Waals surface area contributed by atoms with E-state index in [1.165, 1.54) is 12.1 Å². The van der Waals surface area contributed by atoms with E-state index in [0.29, 0.717) is 51.6 Å². The number of imidazole rings is 1. The van der Waals surface area contributed by atoms with Crippen LogP contribution in [0.2, 0.25) is 0 Å². The average molecular weight is 498 g/mol. The van der Waals surface area contributed by atoms with E-state index in [2.05, 4.69) is 25.3 Å². The van der Waals surface area contributed by atoms with Gasteiger partial charge in [-0.2, -0.15) is 10.2 Å². The molecule has 0 unspecified atom stereocenters. The number of nitrogens with zero attached hydrogens (tertiary/aromatic N) is 7. The third-order valence-corrected chi connectivity index (χ3v) is 6.02. The molecule has 5 aromatic heterocycles. The largest absolute Gasteiger partial charge is 0.492 e. The molecule has 0 spiro atoms. The number of aromatic nitrogens is 8. The molecule has 5 heterocycles. The molecule has 11 heteroatoms. The third-order valence-electron chi connectivity index (χ3n) is 6.02. The number of aryl methyl sites for hydroxylation is 1. The highest BCUT2D eigenvalue weighted by atomic mass is 19.1. The van der Waals surface area contributed by atoms with E-state index in [-0.39, 0.29) is 0 Å². The minimum Gasteiger partial charge on any atom is -0.492 e. The zero-order valence-corrected chi connectivity index (χ0v) is 20.5. The van der Waals surface area contributed by atoms with E-state index in [0.717, 1.165) is 23.3 Å². The molecule has 10 nitrogen and oxygen atoms in total. The third kappa shape index (κ3) is 4.40.